The zero-order valence-corrected chi connectivity index (χ0v) is 19.3. The Hall–Kier alpha value is -0.0400. The van der Waals surface area contributed by atoms with Gasteiger partial charge in [0.05, 0.1) is 0 Å². The Balaban J connectivity index is 2.33. The van der Waals surface area contributed by atoms with E-state index in [0.717, 1.165) is 19.1 Å². The van der Waals surface area contributed by atoms with Gasteiger partial charge in [-0.15, -0.1) is 0 Å². The standard InChI is InChI=1S/C26H52O/c1-4-7-9-11-13-18-23-27-24-22-26(6-3,21-17-12-10-8-5-2)25-19-15-14-16-20-25/h25H,4-24H2,1-3H3. The fraction of sp³-hybridized carbons (Fsp3) is 1.00. The average molecular weight is 381 g/mol. The number of hydrogen-bond acceptors (Lipinski definition) is 1. The van der Waals surface area contributed by atoms with Crippen LogP contribution >= 0.6 is 0 Å². The fourth-order valence-corrected chi connectivity index (χ4v) is 5.33. The van der Waals surface area contributed by atoms with Gasteiger partial charge >= 0.3 is 0 Å². The van der Waals surface area contributed by atoms with Crippen LogP contribution in [0.15, 0.2) is 0 Å². The second-order valence-electron chi connectivity index (χ2n) is 9.35. The highest BCUT2D eigenvalue weighted by Gasteiger charge is 2.36. The lowest BCUT2D eigenvalue weighted by molar-refractivity contribution is 0.0332. The fourth-order valence-electron chi connectivity index (χ4n) is 5.33. The first-order valence-corrected chi connectivity index (χ1v) is 12.9. The molecule has 1 atom stereocenters. The summed E-state index contributed by atoms with van der Waals surface area (Å²) >= 11 is 0. The molecule has 0 spiro atoms. The highest BCUT2D eigenvalue weighted by Crippen LogP contribution is 2.47. The Morgan fingerprint density at radius 3 is 1.85 bits per heavy atom. The molecule has 0 heterocycles. The molecule has 0 amide bonds. The highest BCUT2D eigenvalue weighted by atomic mass is 16.5. The molecule has 1 rings (SSSR count). The Bertz CT molecular complexity index is 307. The van der Waals surface area contributed by atoms with Crippen molar-refractivity contribution >= 4 is 0 Å². The van der Waals surface area contributed by atoms with E-state index in [1.165, 1.54) is 122 Å². The number of rotatable bonds is 18. The van der Waals surface area contributed by atoms with Gasteiger partial charge in [0.15, 0.2) is 0 Å². The Labute approximate surface area is 172 Å². The van der Waals surface area contributed by atoms with Crippen LogP contribution in [0.1, 0.15) is 143 Å². The quantitative estimate of drug-likeness (QED) is 0.215. The third-order valence-electron chi connectivity index (χ3n) is 7.34. The summed E-state index contributed by atoms with van der Waals surface area (Å²) in [6.07, 6.45) is 26.8. The second kappa shape index (κ2) is 16.9. The van der Waals surface area contributed by atoms with Gasteiger partial charge in [0.2, 0.25) is 0 Å². The predicted molar refractivity (Wildman–Crippen MR) is 121 cm³/mol. The van der Waals surface area contributed by atoms with Crippen molar-refractivity contribution in [1.82, 2.24) is 0 Å². The van der Waals surface area contributed by atoms with Crippen molar-refractivity contribution in [2.75, 3.05) is 13.2 Å². The molecule has 1 heteroatoms. The smallest absolute Gasteiger partial charge is 0.0471 e. The van der Waals surface area contributed by atoms with Crippen LogP contribution in [-0.4, -0.2) is 13.2 Å². The monoisotopic (exact) mass is 380 g/mol. The van der Waals surface area contributed by atoms with Crippen molar-refractivity contribution in [2.45, 2.75) is 143 Å². The Kier molecular flexibility index (Phi) is 15.6. The molecule has 162 valence electrons. The minimum atomic E-state index is 0.577. The van der Waals surface area contributed by atoms with E-state index in [1.807, 2.05) is 0 Å². The largest absolute Gasteiger partial charge is 0.381 e. The molecule has 0 aromatic rings. The molecule has 0 aromatic heterocycles. The van der Waals surface area contributed by atoms with Gasteiger partial charge in [0.1, 0.15) is 0 Å². The average Bonchev–Trinajstić information content (AvgIpc) is 2.71. The van der Waals surface area contributed by atoms with Crippen LogP contribution in [-0.2, 0) is 4.74 Å². The van der Waals surface area contributed by atoms with Gasteiger partial charge in [-0.25, -0.2) is 0 Å². The van der Waals surface area contributed by atoms with E-state index in [1.54, 1.807) is 0 Å². The highest BCUT2D eigenvalue weighted by molar-refractivity contribution is 4.87. The summed E-state index contributed by atoms with van der Waals surface area (Å²) in [5.74, 6) is 0.972. The van der Waals surface area contributed by atoms with Crippen LogP contribution in [0.3, 0.4) is 0 Å². The van der Waals surface area contributed by atoms with Gasteiger partial charge in [0.25, 0.3) is 0 Å². The van der Waals surface area contributed by atoms with Gasteiger partial charge < -0.3 is 4.74 Å². The van der Waals surface area contributed by atoms with E-state index in [4.69, 9.17) is 4.74 Å². The summed E-state index contributed by atoms with van der Waals surface area (Å²) in [6, 6.07) is 0. The zero-order valence-electron chi connectivity index (χ0n) is 19.3. The van der Waals surface area contributed by atoms with E-state index >= 15 is 0 Å². The molecule has 1 aliphatic rings. The Morgan fingerprint density at radius 1 is 0.630 bits per heavy atom. The van der Waals surface area contributed by atoms with Crippen LogP contribution in [0.25, 0.3) is 0 Å². The molecule has 0 aromatic carbocycles. The molecule has 1 saturated carbocycles. The van der Waals surface area contributed by atoms with Crippen LogP contribution in [0.5, 0.6) is 0 Å². The van der Waals surface area contributed by atoms with Gasteiger partial charge in [-0.3, -0.25) is 0 Å². The maximum absolute atomic E-state index is 6.13. The van der Waals surface area contributed by atoms with E-state index < -0.39 is 0 Å². The van der Waals surface area contributed by atoms with Crippen molar-refractivity contribution in [3.63, 3.8) is 0 Å². The number of unbranched alkanes of at least 4 members (excludes halogenated alkanes) is 9. The third-order valence-corrected chi connectivity index (χ3v) is 7.34. The number of ether oxygens (including phenoxy) is 1. The normalized spacial score (nSPS) is 17.9. The molecule has 1 fully saturated rings. The topological polar surface area (TPSA) is 9.23 Å². The van der Waals surface area contributed by atoms with Gasteiger partial charge in [-0.1, -0.05) is 111 Å². The lowest BCUT2D eigenvalue weighted by Crippen LogP contribution is -2.33. The third kappa shape index (κ3) is 10.9. The van der Waals surface area contributed by atoms with Crippen molar-refractivity contribution in [2.24, 2.45) is 11.3 Å². The maximum atomic E-state index is 6.13. The van der Waals surface area contributed by atoms with E-state index in [-0.39, 0.29) is 0 Å². The summed E-state index contributed by atoms with van der Waals surface area (Å²) in [7, 11) is 0. The van der Waals surface area contributed by atoms with Crippen molar-refractivity contribution in [3.05, 3.63) is 0 Å². The van der Waals surface area contributed by atoms with E-state index in [2.05, 4.69) is 20.8 Å². The summed E-state index contributed by atoms with van der Waals surface area (Å²) in [4.78, 5) is 0. The summed E-state index contributed by atoms with van der Waals surface area (Å²) in [5.41, 5.74) is 0.577. The molecule has 1 unspecified atom stereocenters. The SMILES string of the molecule is CCCCCCCCOCCC(CC)(CCCCCCC)C1CCCCC1. The summed E-state index contributed by atoms with van der Waals surface area (Å²) in [6.45, 7) is 9.08. The molecule has 0 radical (unpaired) electrons. The molecule has 0 bridgehead atoms. The molecule has 0 saturated heterocycles. The van der Waals surface area contributed by atoms with Gasteiger partial charge in [0, 0.05) is 13.2 Å². The van der Waals surface area contributed by atoms with Gasteiger partial charge in [-0.2, -0.15) is 0 Å². The van der Waals surface area contributed by atoms with Crippen LogP contribution in [0.4, 0.5) is 0 Å². The molecule has 0 aliphatic heterocycles. The van der Waals surface area contributed by atoms with E-state index in [0.29, 0.717) is 5.41 Å². The van der Waals surface area contributed by atoms with Crippen molar-refractivity contribution < 1.29 is 4.74 Å². The molecule has 1 aliphatic carbocycles. The van der Waals surface area contributed by atoms with Gasteiger partial charge in [-0.05, 0) is 43.4 Å². The first-order valence-electron chi connectivity index (χ1n) is 12.9. The minimum absolute atomic E-state index is 0.577. The molecule has 0 N–H and O–H groups in total. The summed E-state index contributed by atoms with van der Waals surface area (Å²) < 4.78 is 6.13. The van der Waals surface area contributed by atoms with Crippen molar-refractivity contribution in [1.29, 1.82) is 0 Å². The van der Waals surface area contributed by atoms with E-state index in [9.17, 15) is 0 Å². The first-order chi connectivity index (χ1) is 13.3. The lowest BCUT2D eigenvalue weighted by atomic mass is 9.63. The summed E-state index contributed by atoms with van der Waals surface area (Å²) in [5, 5.41) is 0. The predicted octanol–water partition coefficient (Wildman–Crippen LogP) is 9.09. The van der Waals surface area contributed by atoms with Crippen molar-refractivity contribution in [3.8, 4) is 0 Å². The molecular weight excluding hydrogens is 328 g/mol. The number of hydrogen-bond donors (Lipinski definition) is 0. The zero-order chi connectivity index (χ0) is 19.6. The molecule has 1 nitrogen and oxygen atoms in total. The molecule has 27 heavy (non-hydrogen) atoms. The van der Waals surface area contributed by atoms with Crippen LogP contribution in [0, 0.1) is 11.3 Å². The minimum Gasteiger partial charge on any atom is -0.381 e. The lowest BCUT2D eigenvalue weighted by Gasteiger charge is -2.43. The van der Waals surface area contributed by atoms with Crippen LogP contribution < -0.4 is 0 Å². The van der Waals surface area contributed by atoms with Crippen LogP contribution in [0.2, 0.25) is 0 Å². The molecular formula is C26H52O. The maximum Gasteiger partial charge on any atom is 0.0471 e. The Morgan fingerprint density at radius 2 is 1.22 bits per heavy atom. The first kappa shape index (κ1) is 25.0. The second-order valence-corrected chi connectivity index (χ2v) is 9.35.